The number of nitrogens with two attached hydrogens (primary N) is 1. The number of hydrogen-bond acceptors (Lipinski definition) is 4. The molecule has 0 aromatic carbocycles. The van der Waals surface area contributed by atoms with Crippen LogP contribution in [0.2, 0.25) is 0 Å². The van der Waals surface area contributed by atoms with Gasteiger partial charge in [0.2, 0.25) is 5.91 Å². The average Bonchev–Trinajstić information content (AvgIpc) is 2.47. The summed E-state index contributed by atoms with van der Waals surface area (Å²) in [6.07, 6.45) is 4.40. The second-order valence-corrected chi connectivity index (χ2v) is 5.56. The van der Waals surface area contributed by atoms with Crippen LogP contribution in [-0.2, 0) is 4.79 Å². The fourth-order valence-corrected chi connectivity index (χ4v) is 2.69. The standard InChI is InChI=1S/C15H24N4O/c1-11(17-2)13-3-6-18-15(10-13)19-7-4-12(5-8-19)9-14(16)20/h3,6,10-12,17H,4-5,7-9H2,1-2H3,(H2,16,20). The van der Waals surface area contributed by atoms with Crippen molar-refractivity contribution in [3.63, 3.8) is 0 Å². The molecule has 1 aliphatic heterocycles. The van der Waals surface area contributed by atoms with Gasteiger partial charge in [-0.3, -0.25) is 4.79 Å². The fourth-order valence-electron chi connectivity index (χ4n) is 2.69. The number of pyridine rings is 1. The van der Waals surface area contributed by atoms with Crippen molar-refractivity contribution in [3.8, 4) is 0 Å². The quantitative estimate of drug-likeness (QED) is 0.854. The molecule has 5 nitrogen and oxygen atoms in total. The molecule has 0 radical (unpaired) electrons. The Kier molecular flexibility index (Phi) is 4.95. The van der Waals surface area contributed by atoms with E-state index in [1.165, 1.54) is 5.56 Å². The Bertz CT molecular complexity index is 455. The SMILES string of the molecule is CNC(C)c1ccnc(N2CCC(CC(N)=O)CC2)c1. The van der Waals surface area contributed by atoms with Crippen molar-refractivity contribution in [2.75, 3.05) is 25.0 Å². The smallest absolute Gasteiger partial charge is 0.217 e. The van der Waals surface area contributed by atoms with Gasteiger partial charge >= 0.3 is 0 Å². The van der Waals surface area contributed by atoms with Gasteiger partial charge in [-0.05, 0) is 50.4 Å². The Hall–Kier alpha value is -1.62. The zero-order valence-electron chi connectivity index (χ0n) is 12.3. The number of amides is 1. The maximum Gasteiger partial charge on any atom is 0.217 e. The molecular formula is C15H24N4O. The summed E-state index contributed by atoms with van der Waals surface area (Å²) in [5.74, 6) is 1.27. The van der Waals surface area contributed by atoms with Gasteiger partial charge in [0.1, 0.15) is 5.82 Å². The fraction of sp³-hybridized carbons (Fsp3) is 0.600. The van der Waals surface area contributed by atoms with E-state index in [1.54, 1.807) is 0 Å². The molecular weight excluding hydrogens is 252 g/mol. The number of rotatable bonds is 5. The normalized spacial score (nSPS) is 18.0. The van der Waals surface area contributed by atoms with E-state index < -0.39 is 0 Å². The molecule has 1 atom stereocenters. The van der Waals surface area contributed by atoms with E-state index in [-0.39, 0.29) is 5.91 Å². The van der Waals surface area contributed by atoms with Gasteiger partial charge in [0.05, 0.1) is 0 Å². The topological polar surface area (TPSA) is 71.2 Å². The molecule has 110 valence electrons. The second kappa shape index (κ2) is 6.70. The molecule has 0 aliphatic carbocycles. The lowest BCUT2D eigenvalue weighted by molar-refractivity contribution is -0.119. The van der Waals surface area contributed by atoms with Gasteiger partial charge < -0.3 is 16.0 Å². The monoisotopic (exact) mass is 276 g/mol. The van der Waals surface area contributed by atoms with E-state index in [1.807, 2.05) is 19.3 Å². The van der Waals surface area contributed by atoms with Crippen LogP contribution in [0.3, 0.4) is 0 Å². The highest BCUT2D eigenvalue weighted by Crippen LogP contribution is 2.25. The molecule has 1 amide bonds. The van der Waals surface area contributed by atoms with E-state index in [4.69, 9.17) is 5.73 Å². The number of primary amides is 1. The maximum absolute atomic E-state index is 11.0. The van der Waals surface area contributed by atoms with Gasteiger partial charge in [-0.2, -0.15) is 0 Å². The zero-order valence-corrected chi connectivity index (χ0v) is 12.3. The Morgan fingerprint density at radius 2 is 2.25 bits per heavy atom. The molecule has 0 saturated carbocycles. The van der Waals surface area contributed by atoms with Crippen molar-refractivity contribution < 1.29 is 4.79 Å². The first-order chi connectivity index (χ1) is 9.60. The minimum atomic E-state index is -0.189. The van der Waals surface area contributed by atoms with Gasteiger partial charge in [-0.15, -0.1) is 0 Å². The maximum atomic E-state index is 11.0. The van der Waals surface area contributed by atoms with Crippen LogP contribution in [0.4, 0.5) is 5.82 Å². The van der Waals surface area contributed by atoms with Gasteiger partial charge in [0, 0.05) is 31.7 Å². The molecule has 1 aromatic rings. The largest absolute Gasteiger partial charge is 0.370 e. The van der Waals surface area contributed by atoms with Crippen molar-refractivity contribution in [2.45, 2.75) is 32.2 Å². The van der Waals surface area contributed by atoms with Crippen molar-refractivity contribution >= 4 is 11.7 Å². The molecule has 5 heteroatoms. The van der Waals surface area contributed by atoms with E-state index in [9.17, 15) is 4.79 Å². The van der Waals surface area contributed by atoms with Crippen LogP contribution in [0.5, 0.6) is 0 Å². The summed E-state index contributed by atoms with van der Waals surface area (Å²) in [6, 6.07) is 4.52. The van der Waals surface area contributed by atoms with Gasteiger partial charge in [-0.25, -0.2) is 4.98 Å². The van der Waals surface area contributed by atoms with Crippen molar-refractivity contribution in [2.24, 2.45) is 11.7 Å². The highest BCUT2D eigenvalue weighted by Gasteiger charge is 2.21. The van der Waals surface area contributed by atoms with Crippen LogP contribution in [-0.4, -0.2) is 31.0 Å². The minimum Gasteiger partial charge on any atom is -0.370 e. The zero-order chi connectivity index (χ0) is 14.5. The Balaban J connectivity index is 1.98. The van der Waals surface area contributed by atoms with Crippen LogP contribution >= 0.6 is 0 Å². The van der Waals surface area contributed by atoms with E-state index in [0.29, 0.717) is 18.4 Å². The van der Waals surface area contributed by atoms with Gasteiger partial charge in [-0.1, -0.05) is 0 Å². The first-order valence-electron chi connectivity index (χ1n) is 7.26. The summed E-state index contributed by atoms with van der Waals surface area (Å²) in [6.45, 7) is 4.03. The van der Waals surface area contributed by atoms with Crippen LogP contribution in [0.1, 0.15) is 37.8 Å². The number of nitrogens with one attached hydrogen (secondary N) is 1. The summed E-state index contributed by atoms with van der Waals surface area (Å²) < 4.78 is 0. The van der Waals surface area contributed by atoms with Crippen LogP contribution in [0.15, 0.2) is 18.3 Å². The number of hydrogen-bond donors (Lipinski definition) is 2. The van der Waals surface area contributed by atoms with E-state index in [0.717, 1.165) is 31.7 Å². The molecule has 0 spiro atoms. The molecule has 1 unspecified atom stereocenters. The van der Waals surface area contributed by atoms with E-state index >= 15 is 0 Å². The lowest BCUT2D eigenvalue weighted by Gasteiger charge is -2.32. The predicted molar refractivity (Wildman–Crippen MR) is 80.5 cm³/mol. The lowest BCUT2D eigenvalue weighted by Crippen LogP contribution is -2.35. The highest BCUT2D eigenvalue weighted by atomic mass is 16.1. The summed E-state index contributed by atoms with van der Waals surface area (Å²) in [4.78, 5) is 17.7. The number of nitrogens with zero attached hydrogens (tertiary/aromatic N) is 2. The van der Waals surface area contributed by atoms with Crippen molar-refractivity contribution in [3.05, 3.63) is 23.9 Å². The first-order valence-corrected chi connectivity index (χ1v) is 7.26. The molecule has 2 rings (SSSR count). The third-order valence-electron chi connectivity index (χ3n) is 4.13. The highest BCUT2D eigenvalue weighted by molar-refractivity contribution is 5.74. The van der Waals surface area contributed by atoms with Crippen LogP contribution < -0.4 is 16.0 Å². The Morgan fingerprint density at radius 1 is 1.55 bits per heavy atom. The molecule has 3 N–H and O–H groups in total. The third-order valence-corrected chi connectivity index (χ3v) is 4.13. The van der Waals surface area contributed by atoms with Crippen LogP contribution in [0.25, 0.3) is 0 Å². The molecule has 1 fully saturated rings. The molecule has 2 heterocycles. The van der Waals surface area contributed by atoms with Gasteiger partial charge in [0.25, 0.3) is 0 Å². The van der Waals surface area contributed by atoms with Crippen LogP contribution in [0, 0.1) is 5.92 Å². The van der Waals surface area contributed by atoms with Gasteiger partial charge in [0.15, 0.2) is 0 Å². The summed E-state index contributed by atoms with van der Waals surface area (Å²) in [5, 5.41) is 3.24. The lowest BCUT2D eigenvalue weighted by atomic mass is 9.93. The number of aromatic nitrogens is 1. The van der Waals surface area contributed by atoms with Crippen molar-refractivity contribution in [1.29, 1.82) is 0 Å². The summed E-state index contributed by atoms with van der Waals surface area (Å²) in [7, 11) is 1.96. The first kappa shape index (κ1) is 14.8. The number of anilines is 1. The molecule has 1 aromatic heterocycles. The summed E-state index contributed by atoms with van der Waals surface area (Å²) in [5.41, 5.74) is 6.51. The minimum absolute atomic E-state index is 0.189. The Morgan fingerprint density at radius 3 is 2.85 bits per heavy atom. The Labute approximate surface area is 120 Å². The second-order valence-electron chi connectivity index (χ2n) is 5.56. The third kappa shape index (κ3) is 3.70. The number of carbonyl (C=O) groups excluding carboxylic acids is 1. The predicted octanol–water partition coefficient (Wildman–Crippen LogP) is 1.45. The summed E-state index contributed by atoms with van der Waals surface area (Å²) >= 11 is 0. The number of piperidine rings is 1. The molecule has 1 saturated heterocycles. The van der Waals surface area contributed by atoms with E-state index in [2.05, 4.69) is 28.2 Å². The molecule has 20 heavy (non-hydrogen) atoms. The number of carbonyl (C=O) groups is 1. The average molecular weight is 276 g/mol. The molecule has 1 aliphatic rings. The van der Waals surface area contributed by atoms with Crippen molar-refractivity contribution in [1.82, 2.24) is 10.3 Å². The molecule has 0 bridgehead atoms.